The number of nitrogens with one attached hydrogen (secondary N) is 2. The van der Waals surface area contributed by atoms with Crippen LogP contribution >= 0.6 is 0 Å². The fourth-order valence-corrected chi connectivity index (χ4v) is 2.66. The smallest absolute Gasteiger partial charge is 0.226 e. The molecule has 0 aliphatic heterocycles. The molecule has 2 aromatic heterocycles. The first-order valence-electron chi connectivity index (χ1n) is 7.90. The first-order valence-corrected chi connectivity index (χ1v) is 7.90. The summed E-state index contributed by atoms with van der Waals surface area (Å²) in [5.41, 5.74) is 3.21. The zero-order valence-corrected chi connectivity index (χ0v) is 13.5. The van der Waals surface area contributed by atoms with Gasteiger partial charge in [0.2, 0.25) is 5.91 Å². The first-order chi connectivity index (χ1) is 11.6. The Balaban J connectivity index is 1.79. The number of aromatic nitrogens is 2. The maximum absolute atomic E-state index is 11.9. The van der Waals surface area contributed by atoms with Crippen molar-refractivity contribution >= 4 is 33.5 Å². The summed E-state index contributed by atoms with van der Waals surface area (Å²) in [4.78, 5) is 11.9. The minimum atomic E-state index is -0.0695. The molecule has 0 unspecified atom stereocenters. The zero-order chi connectivity index (χ0) is 16.7. The topological polar surface area (TPSA) is 70.9 Å². The zero-order valence-electron chi connectivity index (χ0n) is 13.5. The number of amides is 1. The van der Waals surface area contributed by atoms with Crippen LogP contribution in [0.4, 0.5) is 5.69 Å². The van der Waals surface area contributed by atoms with Gasteiger partial charge in [-0.3, -0.25) is 9.89 Å². The lowest BCUT2D eigenvalue weighted by molar-refractivity contribution is -0.118. The van der Waals surface area contributed by atoms with Gasteiger partial charge >= 0.3 is 0 Å². The van der Waals surface area contributed by atoms with Crippen LogP contribution in [0.25, 0.3) is 33.3 Å². The van der Waals surface area contributed by atoms with Crippen LogP contribution in [0.1, 0.15) is 13.8 Å². The molecule has 0 aliphatic rings. The third-order valence-corrected chi connectivity index (χ3v) is 4.01. The summed E-state index contributed by atoms with van der Waals surface area (Å²) in [6.45, 7) is 3.73. The van der Waals surface area contributed by atoms with Gasteiger partial charge in [-0.25, -0.2) is 0 Å². The minimum absolute atomic E-state index is 0.0110. The Hall–Kier alpha value is -3.08. The van der Waals surface area contributed by atoms with Crippen LogP contribution in [0.15, 0.2) is 52.9 Å². The Bertz CT molecular complexity index is 1010. The number of H-pyrrole nitrogens is 1. The van der Waals surface area contributed by atoms with Crippen molar-refractivity contribution in [2.75, 3.05) is 5.32 Å². The molecular weight excluding hydrogens is 302 g/mol. The highest BCUT2D eigenvalue weighted by Crippen LogP contribution is 2.32. The molecule has 120 valence electrons. The van der Waals surface area contributed by atoms with Crippen molar-refractivity contribution in [2.24, 2.45) is 5.92 Å². The standard InChI is InChI=1S/C19H17N3O2/c1-11(2)19(23)20-13-7-8-15-14(10-13)18(22-21-15)17-9-12-5-3-4-6-16(12)24-17/h3-11H,1-2H3,(H,20,23)(H,21,22). The number of carbonyl (C=O) groups excluding carboxylic acids is 1. The number of hydrogen-bond acceptors (Lipinski definition) is 3. The minimum Gasteiger partial charge on any atom is -0.454 e. The van der Waals surface area contributed by atoms with E-state index in [-0.39, 0.29) is 11.8 Å². The van der Waals surface area contributed by atoms with E-state index in [2.05, 4.69) is 15.5 Å². The molecule has 0 atom stereocenters. The van der Waals surface area contributed by atoms with Crippen molar-refractivity contribution in [2.45, 2.75) is 13.8 Å². The lowest BCUT2D eigenvalue weighted by atomic mass is 10.1. The van der Waals surface area contributed by atoms with E-state index in [1.807, 2.05) is 62.4 Å². The van der Waals surface area contributed by atoms with Gasteiger partial charge in [-0.1, -0.05) is 32.0 Å². The fourth-order valence-electron chi connectivity index (χ4n) is 2.66. The summed E-state index contributed by atoms with van der Waals surface area (Å²) in [7, 11) is 0. The Morgan fingerprint density at radius 1 is 1.17 bits per heavy atom. The molecule has 4 aromatic rings. The van der Waals surface area contributed by atoms with Gasteiger partial charge in [0.25, 0.3) is 0 Å². The molecule has 1 amide bonds. The normalized spacial score (nSPS) is 11.5. The summed E-state index contributed by atoms with van der Waals surface area (Å²) in [5, 5.41) is 12.3. The van der Waals surface area contributed by atoms with Crippen LogP contribution < -0.4 is 5.32 Å². The van der Waals surface area contributed by atoms with Crippen LogP contribution in [0.3, 0.4) is 0 Å². The molecular formula is C19H17N3O2. The summed E-state index contributed by atoms with van der Waals surface area (Å²) in [6.07, 6.45) is 0. The van der Waals surface area contributed by atoms with Gasteiger partial charge in [0.1, 0.15) is 11.3 Å². The largest absolute Gasteiger partial charge is 0.454 e. The maximum atomic E-state index is 11.9. The summed E-state index contributed by atoms with van der Waals surface area (Å²) in [6, 6.07) is 15.5. The molecule has 5 heteroatoms. The molecule has 2 N–H and O–H groups in total. The first kappa shape index (κ1) is 14.5. The van der Waals surface area contributed by atoms with E-state index in [9.17, 15) is 4.79 Å². The number of fused-ring (bicyclic) bond motifs is 2. The molecule has 0 radical (unpaired) electrons. The second kappa shape index (κ2) is 5.53. The molecule has 0 spiro atoms. The third-order valence-electron chi connectivity index (χ3n) is 4.01. The van der Waals surface area contributed by atoms with Gasteiger partial charge in [-0.15, -0.1) is 0 Å². The molecule has 24 heavy (non-hydrogen) atoms. The van der Waals surface area contributed by atoms with Crippen LogP contribution in [0.5, 0.6) is 0 Å². The lowest BCUT2D eigenvalue weighted by Gasteiger charge is -2.07. The molecule has 0 saturated carbocycles. The molecule has 4 rings (SSSR count). The van der Waals surface area contributed by atoms with Crippen molar-refractivity contribution in [3.8, 4) is 11.5 Å². The molecule has 0 bridgehead atoms. The maximum Gasteiger partial charge on any atom is 0.226 e. The lowest BCUT2D eigenvalue weighted by Crippen LogP contribution is -2.17. The van der Waals surface area contributed by atoms with Gasteiger partial charge in [0.05, 0.1) is 5.52 Å². The van der Waals surface area contributed by atoms with Crippen LogP contribution in [-0.2, 0) is 4.79 Å². The van der Waals surface area contributed by atoms with E-state index in [0.29, 0.717) is 5.76 Å². The number of aromatic amines is 1. The van der Waals surface area contributed by atoms with Crippen molar-refractivity contribution in [1.29, 1.82) is 0 Å². The van der Waals surface area contributed by atoms with Crippen molar-refractivity contribution in [3.05, 3.63) is 48.5 Å². The van der Waals surface area contributed by atoms with Gasteiger partial charge in [0.15, 0.2) is 5.76 Å². The number of rotatable bonds is 3. The highest BCUT2D eigenvalue weighted by Gasteiger charge is 2.14. The molecule has 0 saturated heterocycles. The van der Waals surface area contributed by atoms with Crippen LogP contribution in [-0.4, -0.2) is 16.1 Å². The Morgan fingerprint density at radius 3 is 2.79 bits per heavy atom. The van der Waals surface area contributed by atoms with Gasteiger partial charge < -0.3 is 9.73 Å². The van der Waals surface area contributed by atoms with E-state index in [1.54, 1.807) is 0 Å². The number of furan rings is 1. The number of para-hydroxylation sites is 1. The number of nitrogens with zero attached hydrogens (tertiary/aromatic N) is 1. The predicted molar refractivity (Wildman–Crippen MR) is 94.8 cm³/mol. The number of anilines is 1. The van der Waals surface area contributed by atoms with E-state index in [4.69, 9.17) is 4.42 Å². The van der Waals surface area contributed by atoms with E-state index < -0.39 is 0 Å². The number of benzene rings is 2. The van der Waals surface area contributed by atoms with Crippen LogP contribution in [0, 0.1) is 5.92 Å². The second-order valence-electron chi connectivity index (χ2n) is 6.13. The molecule has 5 nitrogen and oxygen atoms in total. The summed E-state index contributed by atoms with van der Waals surface area (Å²) in [5.74, 6) is 0.623. The highest BCUT2D eigenvalue weighted by molar-refractivity contribution is 5.99. The van der Waals surface area contributed by atoms with Gasteiger partial charge in [-0.2, -0.15) is 5.10 Å². The number of carbonyl (C=O) groups is 1. The molecule has 2 heterocycles. The quantitative estimate of drug-likeness (QED) is 0.581. The van der Waals surface area contributed by atoms with E-state index >= 15 is 0 Å². The average Bonchev–Trinajstić information content (AvgIpc) is 3.17. The Kier molecular flexibility index (Phi) is 3.34. The highest BCUT2D eigenvalue weighted by atomic mass is 16.3. The summed E-state index contributed by atoms with van der Waals surface area (Å²) < 4.78 is 5.91. The fraction of sp³-hybridized carbons (Fsp3) is 0.158. The summed E-state index contributed by atoms with van der Waals surface area (Å²) >= 11 is 0. The monoisotopic (exact) mass is 319 g/mol. The van der Waals surface area contributed by atoms with Crippen molar-refractivity contribution in [3.63, 3.8) is 0 Å². The van der Waals surface area contributed by atoms with Gasteiger partial charge in [-0.05, 0) is 30.3 Å². The van der Waals surface area contributed by atoms with Crippen molar-refractivity contribution < 1.29 is 9.21 Å². The Labute approximate surface area is 138 Å². The molecule has 0 aliphatic carbocycles. The predicted octanol–water partition coefficient (Wildman–Crippen LogP) is 4.57. The van der Waals surface area contributed by atoms with Crippen LogP contribution in [0.2, 0.25) is 0 Å². The van der Waals surface area contributed by atoms with E-state index in [0.717, 1.165) is 33.3 Å². The SMILES string of the molecule is CC(C)C(=O)Nc1ccc2[nH]nc(-c3cc4ccccc4o3)c2c1. The Morgan fingerprint density at radius 2 is 2.00 bits per heavy atom. The molecule has 2 aromatic carbocycles. The van der Waals surface area contributed by atoms with Crippen molar-refractivity contribution in [1.82, 2.24) is 10.2 Å². The second-order valence-corrected chi connectivity index (χ2v) is 6.13. The third kappa shape index (κ3) is 2.44. The number of hydrogen-bond donors (Lipinski definition) is 2. The van der Waals surface area contributed by atoms with Gasteiger partial charge in [0, 0.05) is 22.4 Å². The van der Waals surface area contributed by atoms with E-state index in [1.165, 1.54) is 0 Å². The average molecular weight is 319 g/mol. The molecule has 0 fully saturated rings.